The van der Waals surface area contributed by atoms with Gasteiger partial charge in [-0.2, -0.15) is 0 Å². The first-order valence-corrected chi connectivity index (χ1v) is 6.00. The Labute approximate surface area is 98.8 Å². The predicted molar refractivity (Wildman–Crippen MR) is 58.7 cm³/mol. The van der Waals surface area contributed by atoms with Gasteiger partial charge in [0.05, 0.1) is 5.75 Å². The van der Waals surface area contributed by atoms with Crippen LogP contribution in [-0.2, 0) is 23.8 Å². The van der Waals surface area contributed by atoms with Gasteiger partial charge >= 0.3 is 11.9 Å². The normalized spacial score (nSPS) is 25.2. The standard InChI is InChI=1S/C10H16O5S/c1-6(11)13-7-5-16-9(14-7)8(12)15-10(2,3)4/h7,9H,5H2,1-4H3/t7-,9-/m0/s1. The van der Waals surface area contributed by atoms with Crippen LogP contribution < -0.4 is 0 Å². The van der Waals surface area contributed by atoms with Crippen LogP contribution in [0.25, 0.3) is 0 Å². The second-order valence-corrected chi connectivity index (χ2v) is 5.47. The highest BCUT2D eigenvalue weighted by atomic mass is 32.2. The zero-order chi connectivity index (χ0) is 12.3. The van der Waals surface area contributed by atoms with Crippen molar-refractivity contribution >= 4 is 23.7 Å². The van der Waals surface area contributed by atoms with E-state index in [9.17, 15) is 9.59 Å². The van der Waals surface area contributed by atoms with Crippen molar-refractivity contribution in [2.75, 3.05) is 5.75 Å². The Morgan fingerprint density at radius 1 is 1.38 bits per heavy atom. The maximum atomic E-state index is 11.6. The van der Waals surface area contributed by atoms with Crippen LogP contribution >= 0.6 is 11.8 Å². The van der Waals surface area contributed by atoms with Gasteiger partial charge in [-0.15, -0.1) is 11.8 Å². The van der Waals surface area contributed by atoms with Crippen LogP contribution in [-0.4, -0.2) is 35.0 Å². The molecule has 0 radical (unpaired) electrons. The van der Waals surface area contributed by atoms with E-state index in [-0.39, 0.29) is 0 Å². The molecular weight excluding hydrogens is 232 g/mol. The number of esters is 2. The predicted octanol–water partition coefficient (Wildman–Crippen LogP) is 1.31. The SMILES string of the molecule is CC(=O)O[C@@H]1CS[C@@H](C(=O)OC(C)(C)C)O1. The molecule has 1 fully saturated rings. The molecule has 1 aliphatic rings. The van der Waals surface area contributed by atoms with E-state index in [0.717, 1.165) is 0 Å². The van der Waals surface area contributed by atoms with Crippen LogP contribution in [0.1, 0.15) is 27.7 Å². The third kappa shape index (κ3) is 4.40. The fraction of sp³-hybridized carbons (Fsp3) is 0.800. The number of carbonyl (C=O) groups is 2. The van der Waals surface area contributed by atoms with Crippen molar-refractivity contribution in [2.45, 2.75) is 45.0 Å². The molecule has 0 bridgehead atoms. The van der Waals surface area contributed by atoms with Crippen LogP contribution in [0.15, 0.2) is 0 Å². The van der Waals surface area contributed by atoms with Gasteiger partial charge in [-0.1, -0.05) is 0 Å². The highest BCUT2D eigenvalue weighted by molar-refractivity contribution is 8.00. The van der Waals surface area contributed by atoms with Crippen LogP contribution in [0, 0.1) is 0 Å². The lowest BCUT2D eigenvalue weighted by Gasteiger charge is -2.21. The minimum absolute atomic E-state index is 0.421. The Morgan fingerprint density at radius 3 is 2.50 bits per heavy atom. The van der Waals surface area contributed by atoms with Gasteiger partial charge in [0.2, 0.25) is 11.7 Å². The molecular formula is C10H16O5S. The number of hydrogen-bond acceptors (Lipinski definition) is 6. The summed E-state index contributed by atoms with van der Waals surface area (Å²) in [5.41, 5.74) is -1.25. The summed E-state index contributed by atoms with van der Waals surface area (Å²) in [7, 11) is 0. The number of carbonyl (C=O) groups excluding carboxylic acids is 2. The molecule has 92 valence electrons. The lowest BCUT2D eigenvalue weighted by molar-refractivity contribution is -0.185. The van der Waals surface area contributed by atoms with Crippen molar-refractivity contribution in [1.29, 1.82) is 0 Å². The van der Waals surface area contributed by atoms with Crippen LogP contribution in [0.4, 0.5) is 0 Å². The summed E-state index contributed by atoms with van der Waals surface area (Å²) in [6, 6.07) is 0. The number of rotatable bonds is 2. The molecule has 1 heterocycles. The number of hydrogen-bond donors (Lipinski definition) is 0. The van der Waals surface area contributed by atoms with E-state index in [2.05, 4.69) is 0 Å². The third-order valence-electron chi connectivity index (χ3n) is 1.56. The minimum Gasteiger partial charge on any atom is -0.457 e. The first-order valence-electron chi connectivity index (χ1n) is 4.95. The molecule has 0 spiro atoms. The Kier molecular flexibility index (Phi) is 4.21. The van der Waals surface area contributed by atoms with Crippen LogP contribution in [0.2, 0.25) is 0 Å². The van der Waals surface area contributed by atoms with Gasteiger partial charge in [0.1, 0.15) is 5.60 Å². The Hall–Kier alpha value is -0.750. The molecule has 0 unspecified atom stereocenters. The van der Waals surface area contributed by atoms with Crippen molar-refractivity contribution in [3.05, 3.63) is 0 Å². The summed E-state index contributed by atoms with van der Waals surface area (Å²) < 4.78 is 15.2. The molecule has 0 aromatic carbocycles. The first kappa shape index (κ1) is 13.3. The minimum atomic E-state index is -0.705. The summed E-state index contributed by atoms with van der Waals surface area (Å²) in [5, 5.41) is 0. The molecule has 1 aliphatic heterocycles. The molecule has 1 saturated heterocycles. The van der Waals surface area contributed by atoms with E-state index in [4.69, 9.17) is 14.2 Å². The zero-order valence-electron chi connectivity index (χ0n) is 9.81. The fourth-order valence-electron chi connectivity index (χ4n) is 1.10. The Morgan fingerprint density at radius 2 is 2.00 bits per heavy atom. The van der Waals surface area contributed by atoms with Crippen molar-refractivity contribution < 1.29 is 23.8 Å². The molecule has 0 aromatic rings. The molecule has 6 heteroatoms. The molecule has 16 heavy (non-hydrogen) atoms. The quantitative estimate of drug-likeness (QED) is 0.687. The van der Waals surface area contributed by atoms with E-state index < -0.39 is 29.3 Å². The molecule has 0 aromatic heterocycles. The smallest absolute Gasteiger partial charge is 0.346 e. The van der Waals surface area contributed by atoms with E-state index in [1.54, 1.807) is 20.8 Å². The van der Waals surface area contributed by atoms with Crippen molar-refractivity contribution in [1.82, 2.24) is 0 Å². The lowest BCUT2D eigenvalue weighted by atomic mass is 10.2. The molecule has 1 rings (SSSR count). The average Bonchev–Trinajstić information content (AvgIpc) is 2.48. The third-order valence-corrected chi connectivity index (χ3v) is 2.63. The summed E-state index contributed by atoms with van der Waals surface area (Å²) in [5.74, 6) is -0.411. The number of thioether (sulfide) groups is 1. The topological polar surface area (TPSA) is 61.8 Å². The average molecular weight is 248 g/mol. The van der Waals surface area contributed by atoms with Crippen LogP contribution in [0.5, 0.6) is 0 Å². The van der Waals surface area contributed by atoms with Crippen molar-refractivity contribution in [3.63, 3.8) is 0 Å². The zero-order valence-corrected chi connectivity index (χ0v) is 10.6. The van der Waals surface area contributed by atoms with Gasteiger partial charge in [0.25, 0.3) is 0 Å². The monoisotopic (exact) mass is 248 g/mol. The molecule has 0 N–H and O–H groups in total. The summed E-state index contributed by atoms with van der Waals surface area (Å²) in [6.07, 6.45) is -0.653. The fourth-order valence-corrected chi connectivity index (χ4v) is 1.97. The summed E-state index contributed by atoms with van der Waals surface area (Å²) in [4.78, 5) is 22.3. The molecule has 0 saturated carbocycles. The lowest BCUT2D eigenvalue weighted by Crippen LogP contribution is -2.31. The number of ether oxygens (including phenoxy) is 3. The highest BCUT2D eigenvalue weighted by Crippen LogP contribution is 2.28. The summed E-state index contributed by atoms with van der Waals surface area (Å²) in [6.45, 7) is 6.66. The maximum Gasteiger partial charge on any atom is 0.346 e. The Balaban J connectivity index is 2.41. The van der Waals surface area contributed by atoms with Gasteiger partial charge in [0, 0.05) is 6.92 Å². The molecule has 0 amide bonds. The molecule has 2 atom stereocenters. The maximum absolute atomic E-state index is 11.6. The van der Waals surface area contributed by atoms with E-state index in [1.807, 2.05) is 0 Å². The Bertz CT molecular complexity index is 283. The van der Waals surface area contributed by atoms with Gasteiger partial charge in [0.15, 0.2) is 0 Å². The molecule has 5 nitrogen and oxygen atoms in total. The van der Waals surface area contributed by atoms with E-state index in [1.165, 1.54) is 18.7 Å². The largest absolute Gasteiger partial charge is 0.457 e. The second-order valence-electron chi connectivity index (χ2n) is 4.37. The van der Waals surface area contributed by atoms with Crippen molar-refractivity contribution in [2.24, 2.45) is 0 Å². The van der Waals surface area contributed by atoms with E-state index >= 15 is 0 Å². The highest BCUT2D eigenvalue weighted by Gasteiger charge is 2.36. The first-order chi connectivity index (χ1) is 7.28. The van der Waals surface area contributed by atoms with E-state index in [0.29, 0.717) is 5.75 Å². The van der Waals surface area contributed by atoms with Gasteiger partial charge in [-0.25, -0.2) is 4.79 Å². The van der Waals surface area contributed by atoms with Crippen LogP contribution in [0.3, 0.4) is 0 Å². The molecule has 0 aliphatic carbocycles. The van der Waals surface area contributed by atoms with Gasteiger partial charge < -0.3 is 14.2 Å². The summed E-state index contributed by atoms with van der Waals surface area (Å²) >= 11 is 1.27. The van der Waals surface area contributed by atoms with Gasteiger partial charge in [-0.05, 0) is 20.8 Å². The van der Waals surface area contributed by atoms with Crippen molar-refractivity contribution in [3.8, 4) is 0 Å². The van der Waals surface area contributed by atoms with Gasteiger partial charge in [-0.3, -0.25) is 4.79 Å². The second kappa shape index (κ2) is 5.05.